The number of fused-ring (bicyclic) bond motifs is 5. The van der Waals surface area contributed by atoms with Crippen LogP contribution in [0.15, 0.2) is 5.16 Å². The van der Waals surface area contributed by atoms with Crippen LogP contribution in [0, 0.1) is 0 Å². The maximum Gasteiger partial charge on any atom is 0.189 e. The number of aromatic nitrogens is 3. The first-order valence-corrected chi connectivity index (χ1v) is 14.1. The van der Waals surface area contributed by atoms with Gasteiger partial charge in [0.25, 0.3) is 0 Å². The summed E-state index contributed by atoms with van der Waals surface area (Å²) < 4.78 is 13.1. The first kappa shape index (κ1) is 22.7. The molecule has 10 heteroatoms. The van der Waals surface area contributed by atoms with Crippen LogP contribution in [0.1, 0.15) is 25.0 Å². The Hall–Kier alpha value is -1.72. The van der Waals surface area contributed by atoms with Crippen LogP contribution in [0.3, 0.4) is 0 Å². The molecule has 3 aromatic rings. The molecule has 0 aliphatic carbocycles. The molecule has 0 bridgehead atoms. The summed E-state index contributed by atoms with van der Waals surface area (Å²) >= 11 is 3.37. The fraction of sp³-hybridized carbons (Fsp3) is 0.625. The summed E-state index contributed by atoms with van der Waals surface area (Å²) in [5.74, 6) is 2.13. The summed E-state index contributed by atoms with van der Waals surface area (Å²) in [6.07, 6.45) is 2.91. The predicted octanol–water partition coefficient (Wildman–Crippen LogP) is 3.40. The Labute approximate surface area is 208 Å². The molecule has 0 aromatic carbocycles. The van der Waals surface area contributed by atoms with Gasteiger partial charge in [0.15, 0.2) is 11.0 Å². The van der Waals surface area contributed by atoms with Crippen molar-refractivity contribution in [3.63, 3.8) is 0 Å². The van der Waals surface area contributed by atoms with Crippen molar-refractivity contribution in [2.75, 3.05) is 75.6 Å². The number of piperazine rings is 1. The Morgan fingerprint density at radius 2 is 1.65 bits per heavy atom. The van der Waals surface area contributed by atoms with Crippen LogP contribution in [0.5, 0.6) is 0 Å². The van der Waals surface area contributed by atoms with Crippen LogP contribution in [0.25, 0.3) is 20.4 Å². The van der Waals surface area contributed by atoms with Gasteiger partial charge in [-0.15, -0.1) is 11.3 Å². The molecule has 2 saturated heterocycles. The van der Waals surface area contributed by atoms with Gasteiger partial charge in [-0.05, 0) is 32.7 Å². The van der Waals surface area contributed by atoms with E-state index in [1.165, 1.54) is 16.5 Å². The number of ether oxygens (including phenoxy) is 2. The number of hydrogen-bond donors (Lipinski definition) is 0. The molecule has 182 valence electrons. The molecule has 34 heavy (non-hydrogen) atoms. The zero-order valence-electron chi connectivity index (χ0n) is 20.4. The van der Waals surface area contributed by atoms with Crippen LogP contribution in [0.4, 0.5) is 11.6 Å². The summed E-state index contributed by atoms with van der Waals surface area (Å²) in [5, 5.41) is 2.04. The van der Waals surface area contributed by atoms with Crippen molar-refractivity contribution in [2.45, 2.75) is 37.6 Å². The molecule has 0 N–H and O–H groups in total. The lowest BCUT2D eigenvalue weighted by Gasteiger charge is -2.36. The van der Waals surface area contributed by atoms with Crippen molar-refractivity contribution in [2.24, 2.45) is 0 Å². The molecule has 3 aliphatic rings. The Balaban J connectivity index is 1.59. The summed E-state index contributed by atoms with van der Waals surface area (Å²) in [7, 11) is 2.19. The van der Waals surface area contributed by atoms with Gasteiger partial charge in [-0.1, -0.05) is 11.8 Å². The van der Waals surface area contributed by atoms with Crippen molar-refractivity contribution in [3.8, 4) is 0 Å². The van der Waals surface area contributed by atoms with Crippen LogP contribution in [-0.4, -0.2) is 91.2 Å². The van der Waals surface area contributed by atoms with Gasteiger partial charge in [-0.3, -0.25) is 0 Å². The van der Waals surface area contributed by atoms with Crippen molar-refractivity contribution in [1.82, 2.24) is 19.9 Å². The monoisotopic (exact) mass is 500 g/mol. The van der Waals surface area contributed by atoms with E-state index in [4.69, 9.17) is 24.4 Å². The van der Waals surface area contributed by atoms with E-state index in [9.17, 15) is 0 Å². The van der Waals surface area contributed by atoms with Crippen molar-refractivity contribution in [3.05, 3.63) is 11.1 Å². The number of morpholine rings is 1. The number of rotatable bonds is 3. The smallest absolute Gasteiger partial charge is 0.189 e. The first-order valence-electron chi connectivity index (χ1n) is 12.0. The molecule has 2 fully saturated rings. The van der Waals surface area contributed by atoms with Crippen LogP contribution < -0.4 is 9.80 Å². The Morgan fingerprint density at radius 3 is 2.38 bits per heavy atom. The Kier molecular flexibility index (Phi) is 5.84. The largest absolute Gasteiger partial charge is 0.378 e. The summed E-state index contributed by atoms with van der Waals surface area (Å²) in [6, 6.07) is 0. The number of likely N-dealkylation sites (N-methyl/N-ethyl adjacent to an activating group) is 1. The number of thioether (sulfide) groups is 1. The van der Waals surface area contributed by atoms with E-state index in [-0.39, 0.29) is 5.60 Å². The molecule has 0 saturated carbocycles. The minimum atomic E-state index is -0.215. The average molecular weight is 501 g/mol. The molecule has 8 nitrogen and oxygen atoms in total. The third-order valence-corrected chi connectivity index (χ3v) is 8.74. The van der Waals surface area contributed by atoms with Crippen LogP contribution in [-0.2, 0) is 22.5 Å². The van der Waals surface area contributed by atoms with E-state index in [1.807, 2.05) is 0 Å². The van der Waals surface area contributed by atoms with Crippen molar-refractivity contribution >= 4 is 55.2 Å². The molecule has 0 atom stereocenters. The lowest BCUT2D eigenvalue weighted by molar-refractivity contribution is -0.0396. The van der Waals surface area contributed by atoms with Gasteiger partial charge in [-0.25, -0.2) is 15.0 Å². The third kappa shape index (κ3) is 3.93. The molecular weight excluding hydrogens is 468 g/mol. The summed E-state index contributed by atoms with van der Waals surface area (Å²) in [4.78, 5) is 23.6. The highest BCUT2D eigenvalue weighted by atomic mass is 32.2. The van der Waals surface area contributed by atoms with E-state index in [2.05, 4.69) is 41.9 Å². The normalized spacial score (nSPS) is 21.4. The average Bonchev–Trinajstić information content (AvgIpc) is 3.22. The zero-order chi connectivity index (χ0) is 23.4. The van der Waals surface area contributed by atoms with Crippen molar-refractivity contribution in [1.29, 1.82) is 0 Å². The minimum Gasteiger partial charge on any atom is -0.378 e. The van der Waals surface area contributed by atoms with Gasteiger partial charge < -0.3 is 24.2 Å². The van der Waals surface area contributed by atoms with Gasteiger partial charge in [0.05, 0.1) is 35.6 Å². The molecule has 0 spiro atoms. The third-order valence-electron chi connectivity index (χ3n) is 7.13. The number of anilines is 2. The topological polar surface area (TPSA) is 66.9 Å². The van der Waals surface area contributed by atoms with Gasteiger partial charge >= 0.3 is 0 Å². The number of pyridine rings is 1. The Bertz CT molecular complexity index is 1230. The van der Waals surface area contributed by atoms with E-state index in [1.54, 1.807) is 23.1 Å². The highest BCUT2D eigenvalue weighted by molar-refractivity contribution is 7.98. The summed E-state index contributed by atoms with van der Waals surface area (Å²) in [6.45, 7) is 12.2. The maximum atomic E-state index is 6.29. The molecule has 6 heterocycles. The number of thiophene rings is 1. The highest BCUT2D eigenvalue weighted by Gasteiger charge is 2.34. The molecule has 3 aromatic heterocycles. The molecule has 6 rings (SSSR count). The maximum absolute atomic E-state index is 6.29. The van der Waals surface area contributed by atoms with Gasteiger partial charge in [0, 0.05) is 56.6 Å². The standard InChI is InChI=1S/C24H32N6O2S2/c1-24(2)13-15-16(14-32-24)20(30-9-11-31-12-10-30)26-22-17(15)18-19(34-22)21(27-23(25-18)33-4)29-7-5-28(3)6-8-29/h5-14H2,1-4H3. The van der Waals surface area contributed by atoms with Gasteiger partial charge in [0.2, 0.25) is 0 Å². The summed E-state index contributed by atoms with van der Waals surface area (Å²) in [5.41, 5.74) is 3.42. The zero-order valence-corrected chi connectivity index (χ0v) is 22.0. The molecule has 3 aliphatic heterocycles. The second-order valence-corrected chi connectivity index (χ2v) is 11.8. The Morgan fingerprint density at radius 1 is 0.912 bits per heavy atom. The SMILES string of the molecule is CSc1nc(N2CCN(C)CC2)c2sc3nc(N4CCOCC4)c4c(c3c2n1)CC(C)(C)OC4. The van der Waals surface area contributed by atoms with Gasteiger partial charge in [0.1, 0.15) is 10.6 Å². The van der Waals surface area contributed by atoms with E-state index < -0.39 is 0 Å². The first-order chi connectivity index (χ1) is 16.4. The second-order valence-electron chi connectivity index (χ2n) is 10.0. The van der Waals surface area contributed by atoms with E-state index in [0.29, 0.717) is 6.61 Å². The lowest BCUT2D eigenvalue weighted by atomic mass is 9.90. The van der Waals surface area contributed by atoms with Gasteiger partial charge in [-0.2, -0.15) is 0 Å². The number of nitrogens with zero attached hydrogens (tertiary/aromatic N) is 6. The van der Waals surface area contributed by atoms with Crippen LogP contribution in [0.2, 0.25) is 0 Å². The highest BCUT2D eigenvalue weighted by Crippen LogP contribution is 2.45. The van der Waals surface area contributed by atoms with Crippen LogP contribution >= 0.6 is 23.1 Å². The number of hydrogen-bond acceptors (Lipinski definition) is 10. The predicted molar refractivity (Wildman–Crippen MR) is 140 cm³/mol. The molecule has 0 amide bonds. The minimum absolute atomic E-state index is 0.215. The van der Waals surface area contributed by atoms with E-state index in [0.717, 1.165) is 90.7 Å². The molecular formula is C24H32N6O2S2. The fourth-order valence-electron chi connectivity index (χ4n) is 5.18. The lowest BCUT2D eigenvalue weighted by Crippen LogP contribution is -2.44. The molecule has 0 radical (unpaired) electrons. The molecule has 0 unspecified atom stereocenters. The second kappa shape index (κ2) is 8.74. The van der Waals surface area contributed by atoms with Crippen molar-refractivity contribution < 1.29 is 9.47 Å². The quantitative estimate of drug-likeness (QED) is 0.398. The van der Waals surface area contributed by atoms with E-state index >= 15 is 0 Å². The fourth-order valence-corrected chi connectivity index (χ4v) is 6.70.